The first kappa shape index (κ1) is 12.1. The second-order valence-corrected chi connectivity index (χ2v) is 4.38. The minimum Gasteiger partial charge on any atom is -0.408 e. The highest BCUT2D eigenvalue weighted by atomic mass is 32.1. The summed E-state index contributed by atoms with van der Waals surface area (Å²) in [6.45, 7) is 0.203. The number of nitrogens with zero attached hydrogens (tertiary/aromatic N) is 1. The molecule has 4 N–H and O–H groups in total. The van der Waals surface area contributed by atoms with Crippen molar-refractivity contribution in [3.05, 3.63) is 34.7 Å². The molecule has 18 heavy (non-hydrogen) atoms. The summed E-state index contributed by atoms with van der Waals surface area (Å²) < 4.78 is 4.62. The number of benzene rings is 1. The van der Waals surface area contributed by atoms with Gasteiger partial charge < -0.3 is 16.2 Å². The summed E-state index contributed by atoms with van der Waals surface area (Å²) in [6, 6.07) is 6.38. The van der Waals surface area contributed by atoms with Gasteiger partial charge in [0.2, 0.25) is 11.7 Å². The molecule has 0 aliphatic rings. The normalized spacial score (nSPS) is 10.0. The lowest BCUT2D eigenvalue weighted by molar-refractivity contribution is -0.120. The predicted molar refractivity (Wildman–Crippen MR) is 67.5 cm³/mol. The van der Waals surface area contributed by atoms with Gasteiger partial charge in [-0.15, -0.1) is 0 Å². The van der Waals surface area contributed by atoms with Gasteiger partial charge in [-0.3, -0.25) is 9.59 Å². The van der Waals surface area contributed by atoms with Crippen molar-refractivity contribution in [3.8, 4) is 5.88 Å². The number of nitrogen functional groups attached to an aromatic ring is 2. The Morgan fingerprint density at radius 2 is 1.94 bits per heavy atom. The zero-order chi connectivity index (χ0) is 13.1. The predicted octanol–water partition coefficient (Wildman–Crippen LogP) is 1.07. The third-order valence-electron chi connectivity index (χ3n) is 2.15. The van der Waals surface area contributed by atoms with Crippen LogP contribution in [0.25, 0.3) is 0 Å². The molecule has 92 valence electrons. The monoisotopic (exact) mass is 263 g/mol. The van der Waals surface area contributed by atoms with Crippen LogP contribution in [-0.4, -0.2) is 17.2 Å². The van der Waals surface area contributed by atoms with Crippen molar-refractivity contribution in [1.29, 1.82) is 0 Å². The first-order valence-corrected chi connectivity index (χ1v) is 5.70. The average Bonchev–Trinajstić information content (AvgIpc) is 2.71. The number of nitrogens with two attached hydrogens (primary N) is 2. The van der Waals surface area contributed by atoms with Gasteiger partial charge in [-0.1, -0.05) is 11.3 Å². The number of carbonyl (C=O) groups excluding carboxylic acids is 2. The third-order valence-corrected chi connectivity index (χ3v) is 3.02. The molecule has 0 unspecified atom stereocenters. The Kier molecular flexibility index (Phi) is 3.24. The number of thiazole rings is 1. The van der Waals surface area contributed by atoms with Crippen molar-refractivity contribution >= 4 is 34.4 Å². The van der Waals surface area contributed by atoms with E-state index in [1.54, 1.807) is 24.3 Å². The molecule has 0 spiro atoms. The van der Waals surface area contributed by atoms with Crippen LogP contribution in [-0.2, 0) is 4.79 Å². The van der Waals surface area contributed by atoms with E-state index in [-0.39, 0.29) is 28.1 Å². The van der Waals surface area contributed by atoms with E-state index < -0.39 is 0 Å². The van der Waals surface area contributed by atoms with E-state index in [1.165, 1.54) is 0 Å². The van der Waals surface area contributed by atoms with Gasteiger partial charge in [-0.25, -0.2) is 0 Å². The number of ether oxygens (including phenoxy) is 1. The third kappa shape index (κ3) is 2.30. The number of anilines is 2. The maximum atomic E-state index is 12.1. The van der Waals surface area contributed by atoms with Crippen molar-refractivity contribution in [3.63, 3.8) is 0 Å². The van der Waals surface area contributed by atoms with Crippen molar-refractivity contribution < 1.29 is 14.3 Å². The molecule has 0 atom stereocenters. The number of hydrogen-bond donors (Lipinski definition) is 2. The van der Waals surface area contributed by atoms with Gasteiger partial charge >= 0.3 is 0 Å². The molecule has 0 bridgehead atoms. The van der Waals surface area contributed by atoms with Gasteiger partial charge in [0.05, 0.1) is 0 Å². The maximum absolute atomic E-state index is 12.1. The molecule has 0 saturated carbocycles. The molecule has 0 fully saturated rings. The molecule has 1 aromatic carbocycles. The summed E-state index contributed by atoms with van der Waals surface area (Å²) in [5, 5.41) is 0.158. The fourth-order valence-corrected chi connectivity index (χ4v) is 2.09. The Hall–Kier alpha value is -2.41. The lowest BCUT2D eigenvalue weighted by atomic mass is 10.1. The molecule has 6 nitrogen and oxygen atoms in total. The molecule has 7 heteroatoms. The molecule has 0 amide bonds. The Morgan fingerprint density at radius 3 is 2.56 bits per heavy atom. The molecule has 1 heterocycles. The Balaban J connectivity index is 2.39. The lowest BCUT2D eigenvalue weighted by Gasteiger charge is -2.00. The van der Waals surface area contributed by atoms with Gasteiger partial charge in [-0.2, -0.15) is 4.98 Å². The van der Waals surface area contributed by atoms with E-state index in [9.17, 15) is 9.59 Å². The number of aromatic nitrogens is 1. The Morgan fingerprint density at radius 1 is 1.28 bits per heavy atom. The highest BCUT2D eigenvalue weighted by Crippen LogP contribution is 2.29. The summed E-state index contributed by atoms with van der Waals surface area (Å²) in [7, 11) is 0. The number of carbonyl (C=O) groups is 2. The van der Waals surface area contributed by atoms with Gasteiger partial charge in [0.25, 0.3) is 6.47 Å². The van der Waals surface area contributed by atoms with Crippen LogP contribution in [0.15, 0.2) is 24.3 Å². The van der Waals surface area contributed by atoms with Crippen molar-refractivity contribution in [2.75, 3.05) is 11.5 Å². The van der Waals surface area contributed by atoms with Crippen LogP contribution < -0.4 is 16.2 Å². The average molecular weight is 263 g/mol. The van der Waals surface area contributed by atoms with Crippen LogP contribution in [0.1, 0.15) is 15.2 Å². The van der Waals surface area contributed by atoms with Gasteiger partial charge in [0.1, 0.15) is 4.88 Å². The van der Waals surface area contributed by atoms with E-state index in [0.29, 0.717) is 11.3 Å². The smallest absolute Gasteiger partial charge is 0.299 e. The van der Waals surface area contributed by atoms with E-state index in [0.717, 1.165) is 11.3 Å². The van der Waals surface area contributed by atoms with Crippen molar-refractivity contribution in [2.45, 2.75) is 0 Å². The number of rotatable bonds is 4. The van der Waals surface area contributed by atoms with Crippen LogP contribution in [0.4, 0.5) is 10.8 Å². The molecule has 2 aromatic rings. The van der Waals surface area contributed by atoms with Crippen LogP contribution in [0, 0.1) is 0 Å². The molecular weight excluding hydrogens is 254 g/mol. The molecule has 1 aromatic heterocycles. The Bertz CT molecular complexity index is 592. The van der Waals surface area contributed by atoms with Crippen molar-refractivity contribution in [1.82, 2.24) is 4.98 Å². The van der Waals surface area contributed by atoms with Crippen molar-refractivity contribution in [2.24, 2.45) is 0 Å². The number of hydrogen-bond acceptors (Lipinski definition) is 7. The molecular formula is C11H9N3O3S. The van der Waals surface area contributed by atoms with Gasteiger partial charge in [0.15, 0.2) is 5.13 Å². The van der Waals surface area contributed by atoms with E-state index >= 15 is 0 Å². The molecule has 0 aliphatic heterocycles. The summed E-state index contributed by atoms with van der Waals surface area (Å²) in [5.74, 6) is -0.393. The first-order valence-electron chi connectivity index (χ1n) is 4.88. The SMILES string of the molecule is Nc1ccc(C(=O)c2sc(N)nc2OC=O)cc1. The second kappa shape index (κ2) is 4.84. The van der Waals surface area contributed by atoms with Gasteiger partial charge in [0, 0.05) is 11.3 Å². The molecule has 0 saturated heterocycles. The van der Waals surface area contributed by atoms with E-state index in [4.69, 9.17) is 11.5 Å². The minimum atomic E-state index is -0.318. The largest absolute Gasteiger partial charge is 0.408 e. The van der Waals surface area contributed by atoms with Crippen LogP contribution >= 0.6 is 11.3 Å². The summed E-state index contributed by atoms with van der Waals surface area (Å²) in [6.07, 6.45) is 0. The second-order valence-electron chi connectivity index (χ2n) is 3.35. The molecule has 0 radical (unpaired) electrons. The van der Waals surface area contributed by atoms with Crippen LogP contribution in [0.5, 0.6) is 5.88 Å². The Labute approximate surface area is 106 Å². The summed E-state index contributed by atoms with van der Waals surface area (Å²) in [4.78, 5) is 26.4. The topological polar surface area (TPSA) is 108 Å². The van der Waals surface area contributed by atoms with Crippen LogP contribution in [0.2, 0.25) is 0 Å². The first-order chi connectivity index (χ1) is 8.61. The minimum absolute atomic E-state index is 0.0747. The van der Waals surface area contributed by atoms with Crippen LogP contribution in [0.3, 0.4) is 0 Å². The molecule has 2 rings (SSSR count). The zero-order valence-corrected chi connectivity index (χ0v) is 9.94. The fourth-order valence-electron chi connectivity index (χ4n) is 1.36. The lowest BCUT2D eigenvalue weighted by Crippen LogP contribution is -2.02. The highest BCUT2D eigenvalue weighted by Gasteiger charge is 2.20. The van der Waals surface area contributed by atoms with Gasteiger partial charge in [-0.05, 0) is 24.3 Å². The van der Waals surface area contributed by atoms with E-state index in [1.807, 2.05) is 0 Å². The standard InChI is InChI=1S/C11H9N3O3S/c12-7-3-1-6(2-4-7)8(16)9-10(17-5-15)14-11(13)18-9/h1-5H,12H2,(H2,13,14). The fraction of sp³-hybridized carbons (Fsp3) is 0. The molecule has 0 aliphatic carbocycles. The highest BCUT2D eigenvalue weighted by molar-refractivity contribution is 7.17. The quantitative estimate of drug-likeness (QED) is 0.485. The van der Waals surface area contributed by atoms with E-state index in [2.05, 4.69) is 9.72 Å². The summed E-state index contributed by atoms with van der Waals surface area (Å²) >= 11 is 0.963. The summed E-state index contributed by atoms with van der Waals surface area (Å²) in [5.41, 5.74) is 12.0. The number of ketones is 1. The zero-order valence-electron chi connectivity index (χ0n) is 9.12. The maximum Gasteiger partial charge on any atom is 0.299 e.